The molecule has 0 bridgehead atoms. The van der Waals surface area contributed by atoms with Crippen LogP contribution in [-0.2, 0) is 0 Å². The van der Waals surface area contributed by atoms with E-state index in [1.807, 2.05) is 0 Å². The quantitative estimate of drug-likeness (QED) is 0.788. The summed E-state index contributed by atoms with van der Waals surface area (Å²) in [7, 11) is 2.15. The van der Waals surface area contributed by atoms with Gasteiger partial charge in [0.05, 0.1) is 0 Å². The number of nitrogens with one attached hydrogen (secondary N) is 1. The van der Waals surface area contributed by atoms with Gasteiger partial charge in [0.2, 0.25) is 0 Å². The van der Waals surface area contributed by atoms with Gasteiger partial charge in [-0.2, -0.15) is 0 Å². The van der Waals surface area contributed by atoms with Gasteiger partial charge in [-0.1, -0.05) is 33.1 Å². The van der Waals surface area contributed by atoms with Crippen molar-refractivity contribution in [2.45, 2.75) is 58.0 Å². The van der Waals surface area contributed by atoms with Crippen LogP contribution in [0, 0.1) is 5.92 Å². The van der Waals surface area contributed by atoms with Gasteiger partial charge in [0, 0.05) is 44.8 Å². The van der Waals surface area contributed by atoms with Crippen molar-refractivity contribution in [2.24, 2.45) is 5.92 Å². The SMILES string of the molecule is CNC1CCCCCC1N1CCN(CC(C)C)CC1. The number of hydrogen-bond donors (Lipinski definition) is 1. The van der Waals surface area contributed by atoms with Crippen LogP contribution in [0.25, 0.3) is 0 Å². The molecule has 1 N–H and O–H groups in total. The fourth-order valence-electron chi connectivity index (χ4n) is 3.86. The lowest BCUT2D eigenvalue weighted by Gasteiger charge is -2.42. The highest BCUT2D eigenvalue weighted by Crippen LogP contribution is 2.23. The van der Waals surface area contributed by atoms with Gasteiger partial charge in [-0.3, -0.25) is 4.90 Å². The molecule has 0 spiro atoms. The Hall–Kier alpha value is -0.120. The lowest BCUT2D eigenvalue weighted by molar-refractivity contribution is 0.0708. The van der Waals surface area contributed by atoms with E-state index < -0.39 is 0 Å². The molecule has 2 fully saturated rings. The van der Waals surface area contributed by atoms with E-state index in [0.29, 0.717) is 0 Å². The van der Waals surface area contributed by atoms with Crippen LogP contribution in [0.5, 0.6) is 0 Å². The molecule has 112 valence electrons. The molecule has 3 heteroatoms. The summed E-state index contributed by atoms with van der Waals surface area (Å²) in [6.07, 6.45) is 7.04. The van der Waals surface area contributed by atoms with Crippen LogP contribution in [0.1, 0.15) is 46.0 Å². The summed E-state index contributed by atoms with van der Waals surface area (Å²) in [5.41, 5.74) is 0. The van der Waals surface area contributed by atoms with E-state index >= 15 is 0 Å². The van der Waals surface area contributed by atoms with Crippen molar-refractivity contribution < 1.29 is 0 Å². The molecule has 19 heavy (non-hydrogen) atoms. The van der Waals surface area contributed by atoms with Gasteiger partial charge >= 0.3 is 0 Å². The number of hydrogen-bond acceptors (Lipinski definition) is 3. The second-order valence-electron chi connectivity index (χ2n) is 6.83. The number of nitrogens with zero attached hydrogens (tertiary/aromatic N) is 2. The third-order valence-corrected chi connectivity index (χ3v) is 4.85. The van der Waals surface area contributed by atoms with Crippen molar-refractivity contribution in [3.05, 3.63) is 0 Å². The molecule has 2 atom stereocenters. The van der Waals surface area contributed by atoms with Crippen molar-refractivity contribution in [3.63, 3.8) is 0 Å². The van der Waals surface area contributed by atoms with Crippen LogP contribution in [0.4, 0.5) is 0 Å². The fourth-order valence-corrected chi connectivity index (χ4v) is 3.86. The Bertz CT molecular complexity index is 246. The molecule has 0 amide bonds. The highest BCUT2D eigenvalue weighted by Gasteiger charge is 2.30. The molecular weight excluding hydrogens is 234 g/mol. The summed E-state index contributed by atoms with van der Waals surface area (Å²) in [5, 5.41) is 3.58. The van der Waals surface area contributed by atoms with E-state index in [2.05, 4.69) is 36.0 Å². The minimum Gasteiger partial charge on any atom is -0.315 e. The number of rotatable bonds is 4. The minimum atomic E-state index is 0.721. The Morgan fingerprint density at radius 3 is 2.32 bits per heavy atom. The Morgan fingerprint density at radius 2 is 1.68 bits per heavy atom. The fraction of sp³-hybridized carbons (Fsp3) is 1.00. The first-order valence-corrected chi connectivity index (χ1v) is 8.34. The summed E-state index contributed by atoms with van der Waals surface area (Å²) in [6.45, 7) is 11.0. The molecular formula is C16H33N3. The highest BCUT2D eigenvalue weighted by atomic mass is 15.3. The normalized spacial score (nSPS) is 31.6. The number of likely N-dealkylation sites (N-methyl/N-ethyl adjacent to an activating group) is 1. The van der Waals surface area contributed by atoms with Gasteiger partial charge < -0.3 is 10.2 Å². The molecule has 1 aliphatic heterocycles. The van der Waals surface area contributed by atoms with Crippen molar-refractivity contribution >= 4 is 0 Å². The van der Waals surface area contributed by atoms with Gasteiger partial charge in [0.1, 0.15) is 0 Å². The first kappa shape index (κ1) is 15.3. The van der Waals surface area contributed by atoms with Crippen LogP contribution in [0.3, 0.4) is 0 Å². The predicted octanol–water partition coefficient (Wildman–Crippen LogP) is 2.18. The van der Waals surface area contributed by atoms with Gasteiger partial charge in [-0.15, -0.1) is 0 Å². The summed E-state index contributed by atoms with van der Waals surface area (Å²) >= 11 is 0. The topological polar surface area (TPSA) is 18.5 Å². The molecule has 0 aromatic rings. The van der Waals surface area contributed by atoms with E-state index in [9.17, 15) is 0 Å². The summed E-state index contributed by atoms with van der Waals surface area (Å²) < 4.78 is 0. The van der Waals surface area contributed by atoms with E-state index in [4.69, 9.17) is 0 Å². The van der Waals surface area contributed by atoms with E-state index in [0.717, 1.165) is 18.0 Å². The lowest BCUT2D eigenvalue weighted by atomic mass is 10.0. The maximum atomic E-state index is 3.58. The maximum absolute atomic E-state index is 3.58. The molecule has 2 rings (SSSR count). The second-order valence-corrected chi connectivity index (χ2v) is 6.83. The molecule has 0 aromatic heterocycles. The third kappa shape index (κ3) is 4.44. The van der Waals surface area contributed by atoms with Crippen molar-refractivity contribution in [1.82, 2.24) is 15.1 Å². The van der Waals surface area contributed by atoms with Gasteiger partial charge in [-0.05, 0) is 25.8 Å². The summed E-state index contributed by atoms with van der Waals surface area (Å²) in [4.78, 5) is 5.41. The second kappa shape index (κ2) is 7.61. The zero-order chi connectivity index (χ0) is 13.7. The average molecular weight is 267 g/mol. The van der Waals surface area contributed by atoms with Crippen LogP contribution in [0.15, 0.2) is 0 Å². The Balaban J connectivity index is 1.84. The molecule has 1 saturated carbocycles. The molecule has 1 saturated heterocycles. The largest absolute Gasteiger partial charge is 0.315 e. The van der Waals surface area contributed by atoms with E-state index in [1.165, 1.54) is 64.8 Å². The van der Waals surface area contributed by atoms with Crippen LogP contribution >= 0.6 is 0 Å². The zero-order valence-electron chi connectivity index (χ0n) is 13.2. The van der Waals surface area contributed by atoms with Crippen LogP contribution in [-0.4, -0.2) is 61.7 Å². The standard InChI is InChI=1S/C16H33N3/c1-14(2)13-18-9-11-19(12-10-18)16-8-6-4-5-7-15(16)17-3/h14-17H,4-13H2,1-3H3. The van der Waals surface area contributed by atoms with Gasteiger partial charge in [-0.25, -0.2) is 0 Å². The Labute approximate surface area is 119 Å². The van der Waals surface area contributed by atoms with E-state index in [1.54, 1.807) is 0 Å². The monoisotopic (exact) mass is 267 g/mol. The average Bonchev–Trinajstić information content (AvgIpc) is 2.64. The molecule has 3 nitrogen and oxygen atoms in total. The molecule has 2 unspecified atom stereocenters. The lowest BCUT2D eigenvalue weighted by Crippen LogP contribution is -2.56. The maximum Gasteiger partial charge on any atom is 0.0250 e. The van der Waals surface area contributed by atoms with Gasteiger partial charge in [0.25, 0.3) is 0 Å². The Kier molecular flexibility index (Phi) is 6.11. The molecule has 0 aromatic carbocycles. The Morgan fingerprint density at radius 1 is 1.00 bits per heavy atom. The summed E-state index contributed by atoms with van der Waals surface area (Å²) in [5.74, 6) is 0.800. The first-order chi connectivity index (χ1) is 9.20. The van der Waals surface area contributed by atoms with Gasteiger partial charge in [0.15, 0.2) is 0 Å². The first-order valence-electron chi connectivity index (χ1n) is 8.34. The molecule has 1 aliphatic carbocycles. The van der Waals surface area contributed by atoms with Crippen molar-refractivity contribution in [1.29, 1.82) is 0 Å². The third-order valence-electron chi connectivity index (χ3n) is 4.85. The highest BCUT2D eigenvalue weighted by molar-refractivity contribution is 4.88. The van der Waals surface area contributed by atoms with E-state index in [-0.39, 0.29) is 0 Å². The molecule has 1 heterocycles. The summed E-state index contributed by atoms with van der Waals surface area (Å²) in [6, 6.07) is 1.51. The number of piperazine rings is 1. The smallest absolute Gasteiger partial charge is 0.0250 e. The van der Waals surface area contributed by atoms with Crippen molar-refractivity contribution in [3.8, 4) is 0 Å². The van der Waals surface area contributed by atoms with Crippen LogP contribution in [0.2, 0.25) is 0 Å². The molecule has 2 aliphatic rings. The predicted molar refractivity (Wildman–Crippen MR) is 82.6 cm³/mol. The molecule has 0 radical (unpaired) electrons. The van der Waals surface area contributed by atoms with Crippen LogP contribution < -0.4 is 5.32 Å². The minimum absolute atomic E-state index is 0.721. The van der Waals surface area contributed by atoms with Crippen molar-refractivity contribution in [2.75, 3.05) is 39.8 Å². The zero-order valence-corrected chi connectivity index (χ0v) is 13.2.